The van der Waals surface area contributed by atoms with Crippen molar-refractivity contribution < 1.29 is 36.2 Å². The number of nitrogens with zero attached hydrogens (tertiary/aromatic N) is 5. The van der Waals surface area contributed by atoms with Crippen molar-refractivity contribution >= 4 is 55.3 Å². The molecule has 1 atom stereocenters. The summed E-state index contributed by atoms with van der Waals surface area (Å²) in [5.74, 6) is -2.32. The number of sulfonamides is 1. The van der Waals surface area contributed by atoms with Gasteiger partial charge in [-0.3, -0.25) is 14.0 Å². The number of rotatable bonds is 10. The van der Waals surface area contributed by atoms with Gasteiger partial charge >= 0.3 is 6.09 Å². The Morgan fingerprint density at radius 2 is 1.69 bits per heavy atom. The molecule has 0 radical (unpaired) electrons. The molecule has 0 aliphatic rings. The number of aromatic nitrogens is 4. The molecular formula is C34H28ClF3N6O6S. The number of benzene rings is 4. The second-order valence-electron chi connectivity index (χ2n) is 11.6. The van der Waals surface area contributed by atoms with E-state index in [4.69, 9.17) is 16.3 Å². The molecule has 0 saturated carbocycles. The number of carbonyl (C=O) groups is 1. The third-order valence-electron chi connectivity index (χ3n) is 8.09. The summed E-state index contributed by atoms with van der Waals surface area (Å²) in [5.41, 5.74) is -0.0429. The normalized spacial score (nSPS) is 12.3. The predicted octanol–water partition coefficient (Wildman–Crippen LogP) is 5.87. The van der Waals surface area contributed by atoms with E-state index in [0.29, 0.717) is 17.4 Å². The van der Waals surface area contributed by atoms with Gasteiger partial charge in [0.1, 0.15) is 29.0 Å². The van der Waals surface area contributed by atoms with Crippen LogP contribution >= 0.6 is 11.6 Å². The fourth-order valence-electron chi connectivity index (χ4n) is 5.90. The Balaban J connectivity index is 1.63. The highest BCUT2D eigenvalue weighted by atomic mass is 35.5. The number of halogens is 4. The molecule has 0 aliphatic carbocycles. The van der Waals surface area contributed by atoms with Crippen LogP contribution in [0.4, 0.5) is 23.8 Å². The quantitative estimate of drug-likeness (QED) is 0.177. The highest BCUT2D eigenvalue weighted by Crippen LogP contribution is 2.38. The van der Waals surface area contributed by atoms with E-state index < -0.39 is 45.2 Å². The molecule has 264 valence electrons. The number of aryl methyl sites for hydroxylation is 1. The Morgan fingerprint density at radius 1 is 1.00 bits per heavy atom. The molecular weight excluding hydrogens is 713 g/mol. The zero-order valence-corrected chi connectivity index (χ0v) is 28.6. The van der Waals surface area contributed by atoms with E-state index in [2.05, 4.69) is 15.4 Å². The first-order valence-corrected chi connectivity index (χ1v) is 17.3. The number of hydrogen-bond donors (Lipinski definition) is 2. The van der Waals surface area contributed by atoms with Crippen LogP contribution < -0.4 is 19.9 Å². The number of nitrogens with one attached hydrogen (secondary N) is 1. The molecule has 6 aromatic rings. The van der Waals surface area contributed by atoms with Crippen molar-refractivity contribution in [2.75, 3.05) is 17.7 Å². The monoisotopic (exact) mass is 740 g/mol. The lowest BCUT2D eigenvalue weighted by molar-refractivity contribution is 0.189. The fourth-order valence-corrected chi connectivity index (χ4v) is 6.96. The van der Waals surface area contributed by atoms with Gasteiger partial charge < -0.3 is 15.2 Å². The van der Waals surface area contributed by atoms with Gasteiger partial charge in [-0.1, -0.05) is 23.7 Å². The second-order valence-corrected chi connectivity index (χ2v) is 13.9. The highest BCUT2D eigenvalue weighted by Gasteiger charge is 2.30. The molecule has 2 aromatic heterocycles. The van der Waals surface area contributed by atoms with Crippen LogP contribution in [0.1, 0.15) is 23.0 Å². The number of carboxylic acid groups (broad SMARTS) is 1. The van der Waals surface area contributed by atoms with Crippen molar-refractivity contribution in [1.29, 1.82) is 0 Å². The van der Waals surface area contributed by atoms with E-state index >= 15 is 0 Å². The minimum Gasteiger partial charge on any atom is -0.497 e. The summed E-state index contributed by atoms with van der Waals surface area (Å²) in [5, 5.41) is 16.6. The van der Waals surface area contributed by atoms with Crippen LogP contribution in [0.5, 0.6) is 5.75 Å². The highest BCUT2D eigenvalue weighted by molar-refractivity contribution is 7.92. The van der Waals surface area contributed by atoms with Crippen LogP contribution in [0.25, 0.3) is 27.5 Å². The Morgan fingerprint density at radius 3 is 2.31 bits per heavy atom. The van der Waals surface area contributed by atoms with Crippen LogP contribution in [-0.4, -0.2) is 52.3 Å². The summed E-state index contributed by atoms with van der Waals surface area (Å²) in [6.07, 6.45) is -0.906. The van der Waals surface area contributed by atoms with Crippen molar-refractivity contribution in [3.05, 3.63) is 123 Å². The Bertz CT molecular complexity index is 2490. The molecule has 0 spiro atoms. The van der Waals surface area contributed by atoms with E-state index in [9.17, 15) is 36.3 Å². The standard InChI is InChI=1S/C34H28ClF3N6O6S/c1-42-30-28(11-9-25(35)29(30)32(41-42)43(51(3,48)49)17-18-4-7-23(50-2)8-5-18)44-31(39-26-10-6-20(36)16-24(26)33(44)45)27(40-34(46)47)14-19-12-21(37)15-22(38)13-19/h4-13,15-16,27,40H,14,17H2,1-3H3,(H,46,47). The maximum atomic E-state index is 14.5. The number of ether oxygens (including phenoxy) is 1. The van der Waals surface area contributed by atoms with E-state index in [1.807, 2.05) is 0 Å². The van der Waals surface area contributed by atoms with Crippen molar-refractivity contribution in [2.24, 2.45) is 7.05 Å². The molecule has 0 fully saturated rings. The van der Waals surface area contributed by atoms with Gasteiger partial charge in [0, 0.05) is 19.5 Å². The van der Waals surface area contributed by atoms with Crippen LogP contribution in [-0.2, 0) is 30.0 Å². The zero-order chi connectivity index (χ0) is 36.8. The summed E-state index contributed by atoms with van der Waals surface area (Å²) < 4.78 is 78.0. The zero-order valence-electron chi connectivity index (χ0n) is 27.1. The first-order valence-electron chi connectivity index (χ1n) is 15.1. The molecule has 0 bridgehead atoms. The SMILES string of the molecule is COc1ccc(CN(c2nn(C)c3c(-n4c(C(Cc5cc(F)cc(F)c5)NC(=O)O)nc5ccc(F)cc5c4=O)ccc(Cl)c23)S(C)(=O)=O)cc1. The van der Waals surface area contributed by atoms with Crippen LogP contribution in [0.3, 0.4) is 0 Å². The van der Waals surface area contributed by atoms with Crippen LogP contribution in [0, 0.1) is 17.5 Å². The molecule has 0 aliphatic heterocycles. The van der Waals surface area contributed by atoms with Crippen molar-refractivity contribution in [1.82, 2.24) is 24.6 Å². The van der Waals surface area contributed by atoms with Crippen molar-refractivity contribution in [2.45, 2.75) is 19.0 Å². The molecule has 6 rings (SSSR count). The summed E-state index contributed by atoms with van der Waals surface area (Å²) >= 11 is 6.73. The molecule has 1 unspecified atom stereocenters. The van der Waals surface area contributed by atoms with E-state index in [1.165, 1.54) is 37.0 Å². The van der Waals surface area contributed by atoms with Gasteiger partial charge in [0.05, 0.1) is 58.5 Å². The number of amides is 1. The van der Waals surface area contributed by atoms with Gasteiger partial charge in [-0.2, -0.15) is 5.10 Å². The largest absolute Gasteiger partial charge is 0.497 e. The first kappa shape index (κ1) is 35.2. The van der Waals surface area contributed by atoms with Crippen molar-refractivity contribution in [3.8, 4) is 11.4 Å². The number of fused-ring (bicyclic) bond motifs is 2. The average Bonchev–Trinajstić information content (AvgIpc) is 3.40. The third kappa shape index (κ3) is 7.05. The van der Waals surface area contributed by atoms with E-state index in [0.717, 1.165) is 39.4 Å². The van der Waals surface area contributed by atoms with Crippen LogP contribution in [0.2, 0.25) is 5.02 Å². The molecule has 4 aromatic carbocycles. The molecule has 17 heteroatoms. The number of methoxy groups -OCH3 is 1. The molecule has 1 amide bonds. The second kappa shape index (κ2) is 13.6. The summed E-state index contributed by atoms with van der Waals surface area (Å²) in [6.45, 7) is -0.160. The van der Waals surface area contributed by atoms with Gasteiger partial charge in [0.2, 0.25) is 10.0 Å². The summed E-state index contributed by atoms with van der Waals surface area (Å²) in [4.78, 5) is 31.0. The predicted molar refractivity (Wildman–Crippen MR) is 185 cm³/mol. The smallest absolute Gasteiger partial charge is 0.405 e. The first-order chi connectivity index (χ1) is 24.1. The third-order valence-corrected chi connectivity index (χ3v) is 9.51. The van der Waals surface area contributed by atoms with Gasteiger partial charge in [0.25, 0.3) is 5.56 Å². The van der Waals surface area contributed by atoms with E-state index in [-0.39, 0.29) is 62.7 Å². The van der Waals surface area contributed by atoms with Gasteiger partial charge in [-0.05, 0) is 65.7 Å². The summed E-state index contributed by atoms with van der Waals surface area (Å²) in [7, 11) is -1.03. The molecule has 0 saturated heterocycles. The number of hydrogen-bond acceptors (Lipinski definition) is 7. The van der Waals surface area contributed by atoms with E-state index in [1.54, 1.807) is 24.3 Å². The van der Waals surface area contributed by atoms with Gasteiger partial charge in [-0.25, -0.2) is 35.7 Å². The minimum atomic E-state index is -4.01. The summed E-state index contributed by atoms with van der Waals surface area (Å²) in [6, 6.07) is 14.1. The topological polar surface area (TPSA) is 149 Å². The van der Waals surface area contributed by atoms with Gasteiger partial charge in [0.15, 0.2) is 5.82 Å². The molecule has 2 heterocycles. The van der Waals surface area contributed by atoms with Crippen LogP contribution in [0.15, 0.2) is 77.6 Å². The molecule has 12 nitrogen and oxygen atoms in total. The Kier molecular flexibility index (Phi) is 9.39. The molecule has 51 heavy (non-hydrogen) atoms. The lowest BCUT2D eigenvalue weighted by Crippen LogP contribution is -2.35. The Hall–Kier alpha value is -5.61. The Labute approximate surface area is 293 Å². The maximum Gasteiger partial charge on any atom is 0.405 e. The average molecular weight is 741 g/mol. The lowest BCUT2D eigenvalue weighted by atomic mass is 10.0. The van der Waals surface area contributed by atoms with Crippen molar-refractivity contribution in [3.63, 3.8) is 0 Å². The minimum absolute atomic E-state index is 0.00825. The van der Waals surface area contributed by atoms with Gasteiger partial charge in [-0.15, -0.1) is 0 Å². The maximum absolute atomic E-state index is 14.5. The lowest BCUT2D eigenvalue weighted by Gasteiger charge is -2.23. The fraction of sp³-hybridized carbons (Fsp3) is 0.176. The molecule has 2 N–H and O–H groups in total. The number of anilines is 1.